The number of hydrogen-bond donors (Lipinski definition) is 2. The summed E-state index contributed by atoms with van der Waals surface area (Å²) in [6.07, 6.45) is 2.23. The second kappa shape index (κ2) is 5.01. The molecule has 6 nitrogen and oxygen atoms in total. The van der Waals surface area contributed by atoms with E-state index in [1.165, 1.54) is 12.1 Å². The Morgan fingerprint density at radius 2 is 2.15 bits per heavy atom. The first-order valence-electron chi connectivity index (χ1n) is 6.27. The molecule has 104 valence electrons. The van der Waals surface area contributed by atoms with Crippen molar-refractivity contribution in [3.63, 3.8) is 0 Å². The summed E-state index contributed by atoms with van der Waals surface area (Å²) >= 11 is 0. The molecule has 0 bridgehead atoms. The molecule has 2 atom stereocenters. The van der Waals surface area contributed by atoms with Gasteiger partial charge >= 0.3 is 5.97 Å². The highest BCUT2D eigenvalue weighted by Crippen LogP contribution is 2.22. The fourth-order valence-corrected chi connectivity index (χ4v) is 2.31. The zero-order chi connectivity index (χ0) is 14.1. The van der Waals surface area contributed by atoms with E-state index in [1.807, 2.05) is 0 Å². The lowest BCUT2D eigenvalue weighted by Gasteiger charge is -2.06. The van der Waals surface area contributed by atoms with Crippen LogP contribution in [0, 0.1) is 5.82 Å². The summed E-state index contributed by atoms with van der Waals surface area (Å²) in [7, 11) is 0. The molecule has 1 saturated heterocycles. The van der Waals surface area contributed by atoms with E-state index in [9.17, 15) is 9.18 Å². The van der Waals surface area contributed by atoms with Gasteiger partial charge in [0.25, 0.3) is 0 Å². The zero-order valence-corrected chi connectivity index (χ0v) is 10.5. The lowest BCUT2D eigenvalue weighted by Crippen LogP contribution is -2.29. The van der Waals surface area contributed by atoms with Crippen LogP contribution in [-0.4, -0.2) is 38.7 Å². The first-order chi connectivity index (χ1) is 9.63. The average Bonchev–Trinajstić information content (AvgIpc) is 3.08. The van der Waals surface area contributed by atoms with Crippen molar-refractivity contribution in [2.24, 2.45) is 0 Å². The Balaban J connectivity index is 1.77. The van der Waals surface area contributed by atoms with Crippen LogP contribution in [0.3, 0.4) is 0 Å². The van der Waals surface area contributed by atoms with E-state index in [4.69, 9.17) is 5.11 Å². The smallest absolute Gasteiger partial charge is 0.320 e. The van der Waals surface area contributed by atoms with Crippen LogP contribution < -0.4 is 5.32 Å². The Morgan fingerprint density at radius 3 is 2.80 bits per heavy atom. The third-order valence-corrected chi connectivity index (χ3v) is 3.43. The summed E-state index contributed by atoms with van der Waals surface area (Å²) in [6.45, 7) is 0.545. The summed E-state index contributed by atoms with van der Waals surface area (Å²) in [5, 5.41) is 19.9. The maximum Gasteiger partial charge on any atom is 0.320 e. The van der Waals surface area contributed by atoms with Crippen molar-refractivity contribution >= 4 is 5.97 Å². The van der Waals surface area contributed by atoms with E-state index in [0.29, 0.717) is 18.7 Å². The van der Waals surface area contributed by atoms with Gasteiger partial charge in [0.1, 0.15) is 17.6 Å². The van der Waals surface area contributed by atoms with Gasteiger partial charge in [-0.05, 0) is 30.7 Å². The van der Waals surface area contributed by atoms with Gasteiger partial charge in [-0.15, -0.1) is 5.10 Å². The first kappa shape index (κ1) is 12.7. The highest BCUT2D eigenvalue weighted by molar-refractivity contribution is 5.73. The maximum atomic E-state index is 12.9. The van der Waals surface area contributed by atoms with E-state index >= 15 is 0 Å². The Hall–Kier alpha value is -2.28. The standard InChI is InChI=1S/C13H13FN4O2/c14-9-3-1-8(2-4-9)12-7-18(17-16-12)10-5-11(13(19)20)15-6-10/h1-4,7,10-11,15H,5-6H2,(H,19,20)/t10-,11-/m0/s1. The third kappa shape index (κ3) is 2.39. The summed E-state index contributed by atoms with van der Waals surface area (Å²) < 4.78 is 14.5. The summed E-state index contributed by atoms with van der Waals surface area (Å²) in [5.74, 6) is -1.16. The maximum absolute atomic E-state index is 12.9. The molecule has 0 radical (unpaired) electrons. The van der Waals surface area contributed by atoms with Gasteiger partial charge in [0, 0.05) is 12.1 Å². The van der Waals surface area contributed by atoms with Crippen molar-refractivity contribution in [3.8, 4) is 11.3 Å². The molecule has 2 N–H and O–H groups in total. The minimum absolute atomic E-state index is 0.0298. The molecule has 1 aromatic carbocycles. The van der Waals surface area contributed by atoms with Crippen molar-refractivity contribution in [3.05, 3.63) is 36.3 Å². The van der Waals surface area contributed by atoms with Crippen LogP contribution in [0.2, 0.25) is 0 Å². The SMILES string of the molecule is O=C(O)[C@@H]1C[C@H](n2cc(-c3ccc(F)cc3)nn2)CN1. The molecule has 1 aliphatic heterocycles. The fourth-order valence-electron chi connectivity index (χ4n) is 2.31. The molecule has 3 rings (SSSR count). The van der Waals surface area contributed by atoms with Crippen LogP contribution in [0.15, 0.2) is 30.5 Å². The van der Waals surface area contributed by atoms with Crippen LogP contribution in [-0.2, 0) is 4.79 Å². The second-order valence-electron chi connectivity index (χ2n) is 4.78. The van der Waals surface area contributed by atoms with Crippen LogP contribution in [0.5, 0.6) is 0 Å². The molecule has 7 heteroatoms. The first-order valence-corrected chi connectivity index (χ1v) is 6.27. The molecule has 20 heavy (non-hydrogen) atoms. The quantitative estimate of drug-likeness (QED) is 0.876. The van der Waals surface area contributed by atoms with E-state index < -0.39 is 12.0 Å². The molecule has 2 aromatic rings. The average molecular weight is 276 g/mol. The van der Waals surface area contributed by atoms with Crippen molar-refractivity contribution in [2.75, 3.05) is 6.54 Å². The number of carbonyl (C=O) groups is 1. The molecule has 0 spiro atoms. The largest absolute Gasteiger partial charge is 0.480 e. The molecule has 1 aromatic heterocycles. The number of rotatable bonds is 3. The predicted molar refractivity (Wildman–Crippen MR) is 68.5 cm³/mol. The molecule has 0 amide bonds. The van der Waals surface area contributed by atoms with E-state index in [-0.39, 0.29) is 11.9 Å². The number of carboxylic acids is 1. The molecule has 0 saturated carbocycles. The number of halogens is 1. The molecule has 1 fully saturated rings. The molecule has 1 aliphatic rings. The number of nitrogens with zero attached hydrogens (tertiary/aromatic N) is 3. The van der Waals surface area contributed by atoms with Crippen molar-refractivity contribution in [1.29, 1.82) is 0 Å². The number of aromatic nitrogens is 3. The summed E-state index contributed by atoms with van der Waals surface area (Å²) in [4.78, 5) is 10.9. The van der Waals surface area contributed by atoms with Gasteiger partial charge in [0.05, 0.1) is 12.2 Å². The molecule has 0 unspecified atom stereocenters. The normalized spacial score (nSPS) is 22.1. The highest BCUT2D eigenvalue weighted by Gasteiger charge is 2.30. The van der Waals surface area contributed by atoms with Crippen LogP contribution >= 0.6 is 0 Å². The van der Waals surface area contributed by atoms with Crippen molar-refractivity contribution in [1.82, 2.24) is 20.3 Å². The molecular weight excluding hydrogens is 263 g/mol. The Kier molecular flexibility index (Phi) is 3.19. The third-order valence-electron chi connectivity index (χ3n) is 3.43. The van der Waals surface area contributed by atoms with Gasteiger partial charge < -0.3 is 10.4 Å². The molecular formula is C13H13FN4O2. The van der Waals surface area contributed by atoms with E-state index in [1.54, 1.807) is 23.0 Å². The summed E-state index contributed by atoms with van der Waals surface area (Å²) in [6, 6.07) is 5.43. The molecule has 0 aliphatic carbocycles. The topological polar surface area (TPSA) is 80.0 Å². The lowest BCUT2D eigenvalue weighted by atomic mass is 10.1. The summed E-state index contributed by atoms with van der Waals surface area (Å²) in [5.41, 5.74) is 1.42. The predicted octanol–water partition coefficient (Wildman–Crippen LogP) is 1.07. The van der Waals surface area contributed by atoms with Gasteiger partial charge in [-0.2, -0.15) is 0 Å². The number of carboxylic acid groups (broad SMARTS) is 1. The van der Waals surface area contributed by atoms with Crippen LogP contribution in [0.4, 0.5) is 4.39 Å². The second-order valence-corrected chi connectivity index (χ2v) is 4.78. The van der Waals surface area contributed by atoms with Crippen molar-refractivity contribution < 1.29 is 14.3 Å². The number of aliphatic carboxylic acids is 1. The van der Waals surface area contributed by atoms with Gasteiger partial charge in [-0.25, -0.2) is 9.07 Å². The number of benzene rings is 1. The van der Waals surface area contributed by atoms with E-state index in [2.05, 4.69) is 15.6 Å². The highest BCUT2D eigenvalue weighted by atomic mass is 19.1. The van der Waals surface area contributed by atoms with Crippen LogP contribution in [0.1, 0.15) is 12.5 Å². The van der Waals surface area contributed by atoms with E-state index in [0.717, 1.165) is 5.56 Å². The molecule has 2 heterocycles. The number of nitrogens with one attached hydrogen (secondary N) is 1. The Bertz CT molecular complexity index is 626. The van der Waals surface area contributed by atoms with Crippen molar-refractivity contribution in [2.45, 2.75) is 18.5 Å². The van der Waals surface area contributed by atoms with Crippen LogP contribution in [0.25, 0.3) is 11.3 Å². The fraction of sp³-hybridized carbons (Fsp3) is 0.308. The minimum atomic E-state index is -0.855. The monoisotopic (exact) mass is 276 g/mol. The Labute approximate surface area is 114 Å². The van der Waals surface area contributed by atoms with Gasteiger partial charge in [-0.1, -0.05) is 5.21 Å². The van der Waals surface area contributed by atoms with Gasteiger partial charge in [0.15, 0.2) is 0 Å². The lowest BCUT2D eigenvalue weighted by molar-refractivity contribution is -0.139. The zero-order valence-electron chi connectivity index (χ0n) is 10.5. The number of hydrogen-bond acceptors (Lipinski definition) is 4. The minimum Gasteiger partial charge on any atom is -0.480 e. The van der Waals surface area contributed by atoms with Gasteiger partial charge in [-0.3, -0.25) is 4.79 Å². The Morgan fingerprint density at radius 1 is 1.40 bits per heavy atom. The van der Waals surface area contributed by atoms with Gasteiger partial charge in [0.2, 0.25) is 0 Å².